The molecule has 4 unspecified atom stereocenters. The summed E-state index contributed by atoms with van der Waals surface area (Å²) in [6.07, 6.45) is 0.827. The van der Waals surface area contributed by atoms with Gasteiger partial charge in [-0.1, -0.05) is 109 Å². The van der Waals surface area contributed by atoms with Gasteiger partial charge >= 0.3 is 0 Å². The summed E-state index contributed by atoms with van der Waals surface area (Å²) >= 11 is 0. The number of hydrogen-bond donors (Lipinski definition) is 18. The van der Waals surface area contributed by atoms with E-state index in [4.69, 9.17) is 22.3 Å². The van der Waals surface area contributed by atoms with Gasteiger partial charge in [-0.15, -0.1) is 0 Å². The molecular weight excluding hydrogens is 1410 g/mol. The minimum absolute atomic E-state index is 0.00174. The molecule has 0 bridgehead atoms. The summed E-state index contributed by atoms with van der Waals surface area (Å²) in [5, 5.41) is 71.9. The van der Waals surface area contributed by atoms with Crippen LogP contribution >= 0.6 is 0 Å². The molecule has 2 fully saturated rings. The number of aromatic hydroxyl groups is 2. The second-order valence-corrected chi connectivity index (χ2v) is 27.5. The Bertz CT molecular complexity index is 4010. The summed E-state index contributed by atoms with van der Waals surface area (Å²) in [6, 6.07) is 27.9. The lowest BCUT2D eigenvalue weighted by molar-refractivity contribution is -0.142. The highest BCUT2D eigenvalue weighted by atomic mass is 16.3. The molecule has 32 nitrogen and oxygen atoms in total. The minimum Gasteiger partial charge on any atom is -0.508 e. The highest BCUT2D eigenvalue weighted by molar-refractivity contribution is 5.99. The van der Waals surface area contributed by atoms with Gasteiger partial charge in [0.25, 0.3) is 0 Å². The third-order valence-corrected chi connectivity index (χ3v) is 19.1. The summed E-state index contributed by atoms with van der Waals surface area (Å²) < 4.78 is 0. The summed E-state index contributed by atoms with van der Waals surface area (Å²) in [5.74, 6) is -8.86. The molecule has 32 heteroatoms. The number of carbonyl (C=O) groups is 12. The summed E-state index contributed by atoms with van der Waals surface area (Å²) in [6.45, 7) is -0.861. The van der Waals surface area contributed by atoms with E-state index >= 15 is 0 Å². The predicted octanol–water partition coefficient (Wildman–Crippen LogP) is 0.377. The zero-order valence-electron chi connectivity index (χ0n) is 61.7. The van der Waals surface area contributed by atoms with Crippen molar-refractivity contribution in [2.75, 3.05) is 53.4 Å². The standard InChI is InChI=1S/C78H100N18O14/c1-95-63(73(107)91-57(17-9-37-85-77(79)80)71(105)93-59(43-49-23-29-51-13-3-5-15-53(51)39-49)69(103)87-45-67(101)89-61(75(95)109)41-47-25-31-55(97)32-26-47)19-11-35-83-65(99)21-7-8-22-66(100)84-36-12-20-64-74(108)92-58(18-10-38-86-78(81)82)72(106)94-60(44-50-24-30-52-14-4-6-16-54(52)40-50)70(104)88-46-68(102)90-62(76(110)96(64)2)42-48-27-33-56(98)34-28-48/h3-6,13-16,23-34,39-40,57-64,97-98H,7-12,17-22,35-38,41-46H2,1-2H3,(H,83,99)(H,84,100)(H,87,103)(H,88,104)(H,89,101)(H,90,102)(H,91,107)(H,92,108)(H,93,105)(H,94,106)(H4,79,80,85)(H4,81,82,86)/t57-,58-,59-,60-,61?,62?,63?,64?/m0/s1. The predicted molar refractivity (Wildman–Crippen MR) is 411 cm³/mol. The van der Waals surface area contributed by atoms with Gasteiger partial charge in [0, 0.05) is 78.8 Å². The van der Waals surface area contributed by atoms with Crippen LogP contribution in [0.3, 0.4) is 0 Å². The largest absolute Gasteiger partial charge is 0.508 e. The Kier molecular flexibility index (Phi) is 31.5. The first-order chi connectivity index (χ1) is 52.8. The van der Waals surface area contributed by atoms with Crippen LogP contribution in [0.4, 0.5) is 0 Å². The van der Waals surface area contributed by atoms with Crippen LogP contribution in [0.2, 0.25) is 0 Å². The Balaban J connectivity index is 0.899. The van der Waals surface area contributed by atoms with Gasteiger partial charge in [0.15, 0.2) is 11.9 Å². The van der Waals surface area contributed by atoms with Crippen molar-refractivity contribution in [1.29, 1.82) is 10.8 Å². The van der Waals surface area contributed by atoms with Crippen LogP contribution in [0.1, 0.15) is 99.3 Å². The van der Waals surface area contributed by atoms with Crippen LogP contribution < -0.4 is 75.3 Å². The van der Waals surface area contributed by atoms with Gasteiger partial charge in [-0.05, 0) is 132 Å². The normalized spacial score (nSPS) is 20.1. The molecule has 0 radical (unpaired) electrons. The van der Waals surface area contributed by atoms with Crippen LogP contribution in [-0.2, 0) is 83.2 Å². The number of amides is 12. The monoisotopic (exact) mass is 1510 g/mol. The van der Waals surface area contributed by atoms with Crippen molar-refractivity contribution >= 4 is 104 Å². The maximum Gasteiger partial charge on any atom is 0.245 e. The van der Waals surface area contributed by atoms with E-state index in [1.807, 2.05) is 84.9 Å². The number of carbonyl (C=O) groups excluding carboxylic acids is 12. The summed E-state index contributed by atoms with van der Waals surface area (Å²) in [4.78, 5) is 173. The number of phenols is 2. The highest BCUT2D eigenvalue weighted by Gasteiger charge is 2.38. The topological polar surface area (TPSA) is 496 Å². The van der Waals surface area contributed by atoms with E-state index in [9.17, 15) is 67.7 Å². The average Bonchev–Trinajstić information content (AvgIpc) is 1.17. The van der Waals surface area contributed by atoms with Gasteiger partial charge in [-0.3, -0.25) is 68.4 Å². The SMILES string of the molecule is CN1C(=O)C(Cc2ccc(O)cc2)NC(=O)CNC(=O)[C@H](Cc2ccc3ccccc3c2)NC(=O)[C@H](CCCNC(=N)N)NC(=O)C1CCCNC(=O)CCCCC(=O)NCCCC1C(=O)N[C@@H](CCCNC(=N)N)C(=O)N[C@@H](Cc2ccc3ccccc3c2)C(=O)NCC(=O)NC(Cc2ccc(O)cc2)C(=O)N1C. The van der Waals surface area contributed by atoms with Crippen molar-refractivity contribution in [3.05, 3.63) is 156 Å². The lowest BCUT2D eigenvalue weighted by atomic mass is 10.00. The maximum atomic E-state index is 14.8. The second-order valence-electron chi connectivity index (χ2n) is 27.5. The Morgan fingerprint density at radius 2 is 0.718 bits per heavy atom. The second kappa shape index (κ2) is 41.7. The molecule has 8 rings (SSSR count). The van der Waals surface area contributed by atoms with Gasteiger partial charge in [-0.2, -0.15) is 0 Å². The number of fused-ring (bicyclic) bond motifs is 2. The number of guanidine groups is 2. The molecule has 2 saturated heterocycles. The van der Waals surface area contributed by atoms with Crippen LogP contribution in [-0.4, -0.2) is 205 Å². The first-order valence-corrected chi connectivity index (χ1v) is 36.9. The van der Waals surface area contributed by atoms with E-state index in [0.29, 0.717) is 22.3 Å². The number of hydrogen-bond acceptors (Lipinski definition) is 16. The number of nitrogens with zero attached hydrogens (tertiary/aromatic N) is 2. The van der Waals surface area contributed by atoms with Crippen molar-refractivity contribution in [2.45, 2.75) is 151 Å². The van der Waals surface area contributed by atoms with Gasteiger partial charge in [0.05, 0.1) is 13.1 Å². The number of phenolic OH excluding ortho intramolecular Hbond substituents is 2. The lowest BCUT2D eigenvalue weighted by Crippen LogP contribution is -2.58. The zero-order valence-corrected chi connectivity index (χ0v) is 61.7. The molecule has 2 aliphatic heterocycles. The number of unbranched alkanes of at least 4 members (excludes halogenated alkanes) is 1. The van der Waals surface area contributed by atoms with Crippen LogP contribution in [0, 0.1) is 10.8 Å². The molecule has 586 valence electrons. The number of nitrogens with one attached hydrogen (secondary N) is 14. The van der Waals surface area contributed by atoms with Crippen LogP contribution in [0.25, 0.3) is 21.5 Å². The van der Waals surface area contributed by atoms with Crippen molar-refractivity contribution in [1.82, 2.24) is 73.6 Å². The van der Waals surface area contributed by atoms with Gasteiger partial charge in [0.1, 0.15) is 59.8 Å². The highest BCUT2D eigenvalue weighted by Crippen LogP contribution is 2.22. The summed E-state index contributed by atoms with van der Waals surface area (Å²) in [5.41, 5.74) is 13.5. The fourth-order valence-corrected chi connectivity index (χ4v) is 13.1. The first-order valence-electron chi connectivity index (χ1n) is 36.9. The molecule has 2 heterocycles. The van der Waals surface area contributed by atoms with Gasteiger partial charge < -0.3 is 95.3 Å². The number of likely N-dealkylation sites (N-methyl/N-ethyl adjacent to an activating group) is 2. The maximum absolute atomic E-state index is 14.8. The fourth-order valence-electron chi connectivity index (χ4n) is 13.1. The van der Waals surface area contributed by atoms with Gasteiger partial charge in [-0.25, -0.2) is 0 Å². The summed E-state index contributed by atoms with van der Waals surface area (Å²) in [7, 11) is 2.75. The van der Waals surface area contributed by atoms with Crippen molar-refractivity contribution in [3.8, 4) is 11.5 Å². The lowest BCUT2D eigenvalue weighted by Gasteiger charge is -2.32. The Morgan fingerprint density at radius 1 is 0.391 bits per heavy atom. The van der Waals surface area contributed by atoms with Gasteiger partial charge in [0.2, 0.25) is 70.9 Å². The number of nitrogens with two attached hydrogens (primary N) is 2. The van der Waals surface area contributed by atoms with Crippen LogP contribution in [0.15, 0.2) is 133 Å². The smallest absolute Gasteiger partial charge is 0.245 e. The average molecular weight is 1510 g/mol. The van der Waals surface area contributed by atoms with Crippen LogP contribution in [0.5, 0.6) is 11.5 Å². The molecule has 110 heavy (non-hydrogen) atoms. The van der Waals surface area contributed by atoms with E-state index in [0.717, 1.165) is 31.3 Å². The Labute approximate surface area is 636 Å². The zero-order chi connectivity index (χ0) is 79.2. The quantitative estimate of drug-likeness (QED) is 0.0171. The van der Waals surface area contributed by atoms with E-state index in [1.165, 1.54) is 38.4 Å². The number of rotatable bonds is 29. The number of benzene rings is 6. The van der Waals surface area contributed by atoms with Crippen molar-refractivity contribution in [2.24, 2.45) is 11.5 Å². The Morgan fingerprint density at radius 3 is 1.09 bits per heavy atom. The molecule has 6 aromatic carbocycles. The molecule has 0 spiro atoms. The van der Waals surface area contributed by atoms with Crippen molar-refractivity contribution in [3.63, 3.8) is 0 Å². The Hall–Kier alpha value is -12.4. The third kappa shape index (κ3) is 26.2. The molecule has 0 saturated carbocycles. The molecule has 20 N–H and O–H groups in total. The fraction of sp³-hybridized carbons (Fsp3) is 0.410. The minimum atomic E-state index is -1.31. The molecule has 0 aliphatic carbocycles. The van der Waals surface area contributed by atoms with Crippen molar-refractivity contribution < 1.29 is 67.7 Å². The van der Waals surface area contributed by atoms with E-state index in [-0.39, 0.29) is 164 Å². The van der Waals surface area contributed by atoms with E-state index in [2.05, 4.69) is 63.8 Å². The molecule has 0 aromatic heterocycles. The third-order valence-electron chi connectivity index (χ3n) is 19.1. The molecule has 8 atom stereocenters. The van der Waals surface area contributed by atoms with E-state index < -0.39 is 120 Å². The molecule has 2 aliphatic rings. The first kappa shape index (κ1) is 83.3. The molecule has 12 amide bonds. The van der Waals surface area contributed by atoms with E-state index in [1.54, 1.807) is 24.3 Å². The molecular formula is C78H100N18O14. The molecule has 6 aromatic rings.